The summed E-state index contributed by atoms with van der Waals surface area (Å²) in [6.45, 7) is 6.41. The van der Waals surface area contributed by atoms with Crippen LogP contribution in [0.4, 0.5) is 0 Å². The van der Waals surface area contributed by atoms with Gasteiger partial charge in [-0.1, -0.05) is 217 Å². The molecule has 3 N–H and O–H groups in total. The van der Waals surface area contributed by atoms with E-state index in [9.17, 15) is 19.8 Å². The van der Waals surface area contributed by atoms with Gasteiger partial charge in [0.1, 0.15) is 6.10 Å². The number of aliphatic hydroxyl groups excluding tert-OH is 2. The molecule has 0 radical (unpaired) electrons. The first-order valence-corrected chi connectivity index (χ1v) is 26.4. The number of esters is 1. The second-order valence-electron chi connectivity index (χ2n) is 17.9. The number of hydrogen-bond donors (Lipinski definition) is 3. The number of unbranched alkanes of at least 4 members (excludes halogenated alkanes) is 27. The molecule has 3 atom stereocenters. The van der Waals surface area contributed by atoms with Crippen molar-refractivity contribution in [1.29, 1.82) is 0 Å². The van der Waals surface area contributed by atoms with Gasteiger partial charge in [-0.3, -0.25) is 9.59 Å². The summed E-state index contributed by atoms with van der Waals surface area (Å²) in [5.74, 6) is -0.513. The molecule has 0 aliphatic heterocycles. The highest BCUT2D eigenvalue weighted by Gasteiger charge is 2.24. The summed E-state index contributed by atoms with van der Waals surface area (Å²) in [6, 6.07) is -0.710. The Morgan fingerprint density at radius 1 is 0.475 bits per heavy atom. The Kier molecular flexibility index (Phi) is 47.1. The zero-order chi connectivity index (χ0) is 44.5. The Morgan fingerprint density at radius 2 is 0.852 bits per heavy atom. The van der Waals surface area contributed by atoms with Gasteiger partial charge in [-0.15, -0.1) is 0 Å². The van der Waals surface area contributed by atoms with Crippen LogP contribution in [0.1, 0.15) is 265 Å². The first-order chi connectivity index (χ1) is 30.0. The van der Waals surface area contributed by atoms with Crippen LogP contribution in [0.25, 0.3) is 0 Å². The fourth-order valence-corrected chi connectivity index (χ4v) is 7.83. The summed E-state index contributed by atoms with van der Waals surface area (Å²) in [5.41, 5.74) is 0. The van der Waals surface area contributed by atoms with Gasteiger partial charge < -0.3 is 20.3 Å². The van der Waals surface area contributed by atoms with Gasteiger partial charge in [0.2, 0.25) is 5.91 Å². The fraction of sp³-hybridized carbons (Fsp3) is 0.818. The number of nitrogens with one attached hydrogen (secondary N) is 1. The lowest BCUT2D eigenvalue weighted by Crippen LogP contribution is -2.46. The molecule has 0 aromatic heterocycles. The normalized spacial score (nSPS) is 13.6. The highest BCUT2D eigenvalue weighted by Crippen LogP contribution is 2.17. The number of ether oxygens (including phenoxy) is 1. The maximum absolute atomic E-state index is 13.2. The van der Waals surface area contributed by atoms with E-state index in [1.54, 1.807) is 0 Å². The van der Waals surface area contributed by atoms with Crippen molar-refractivity contribution in [3.63, 3.8) is 0 Å². The van der Waals surface area contributed by atoms with E-state index in [1.807, 2.05) is 0 Å². The Bertz CT molecular complexity index is 1050. The van der Waals surface area contributed by atoms with Crippen molar-refractivity contribution in [1.82, 2.24) is 5.32 Å². The minimum absolute atomic E-state index is 0.0577. The predicted molar refractivity (Wildman–Crippen MR) is 264 cm³/mol. The molecule has 6 nitrogen and oxygen atoms in total. The average Bonchev–Trinajstić information content (AvgIpc) is 3.25. The smallest absolute Gasteiger partial charge is 0.306 e. The van der Waals surface area contributed by atoms with Crippen LogP contribution in [0.15, 0.2) is 48.6 Å². The molecule has 1 amide bonds. The summed E-state index contributed by atoms with van der Waals surface area (Å²) in [7, 11) is 0. The molecule has 0 rings (SSSR count). The van der Waals surface area contributed by atoms with E-state index in [0.717, 1.165) is 96.3 Å². The number of carbonyl (C=O) groups excluding carboxylic acids is 2. The first kappa shape index (κ1) is 58.8. The maximum atomic E-state index is 13.2. The fourth-order valence-electron chi connectivity index (χ4n) is 7.83. The molecule has 0 heterocycles. The lowest BCUT2D eigenvalue weighted by molar-refractivity contribution is -0.151. The third kappa shape index (κ3) is 44.2. The van der Waals surface area contributed by atoms with E-state index in [2.05, 4.69) is 74.7 Å². The number of hydrogen-bond acceptors (Lipinski definition) is 5. The molecular weight excluding hydrogens is 755 g/mol. The van der Waals surface area contributed by atoms with Crippen LogP contribution in [-0.2, 0) is 14.3 Å². The van der Waals surface area contributed by atoms with E-state index in [4.69, 9.17) is 4.74 Å². The van der Waals surface area contributed by atoms with E-state index < -0.39 is 18.2 Å². The van der Waals surface area contributed by atoms with E-state index in [-0.39, 0.29) is 24.9 Å². The van der Waals surface area contributed by atoms with Crippen LogP contribution in [0.3, 0.4) is 0 Å². The van der Waals surface area contributed by atoms with Gasteiger partial charge in [0.05, 0.1) is 25.2 Å². The Balaban J connectivity index is 4.47. The van der Waals surface area contributed by atoms with Crippen LogP contribution in [-0.4, -0.2) is 46.9 Å². The highest BCUT2D eigenvalue weighted by atomic mass is 16.5. The summed E-state index contributed by atoms with van der Waals surface area (Å²) in [6.07, 6.45) is 58.9. The number of rotatable bonds is 47. The molecule has 0 bridgehead atoms. The summed E-state index contributed by atoms with van der Waals surface area (Å²) in [4.78, 5) is 26.1. The average molecular weight is 856 g/mol. The lowest BCUT2D eigenvalue weighted by atomic mass is 10.0. The third-order valence-electron chi connectivity index (χ3n) is 11.9. The van der Waals surface area contributed by atoms with Gasteiger partial charge in [-0.05, 0) is 83.5 Å². The Hall–Kier alpha value is -2.18. The largest absolute Gasteiger partial charge is 0.462 e. The van der Waals surface area contributed by atoms with Crippen molar-refractivity contribution in [3.05, 3.63) is 48.6 Å². The SMILES string of the molecule is CCCC/C=C\CCCCCC(CC(=O)NC(CO)C(O)CCCCCCCCCCCCCCCCCC)OC(=O)CCCCCC/C=C\C/C=C\C/C=C\CCCCC. The molecule has 3 unspecified atom stereocenters. The number of amides is 1. The monoisotopic (exact) mass is 856 g/mol. The van der Waals surface area contributed by atoms with E-state index in [0.29, 0.717) is 19.3 Å². The molecule has 0 saturated heterocycles. The molecule has 0 aromatic carbocycles. The van der Waals surface area contributed by atoms with Crippen molar-refractivity contribution in [2.24, 2.45) is 0 Å². The predicted octanol–water partition coefficient (Wildman–Crippen LogP) is 15.8. The maximum Gasteiger partial charge on any atom is 0.306 e. The molecule has 356 valence electrons. The van der Waals surface area contributed by atoms with Gasteiger partial charge >= 0.3 is 5.97 Å². The van der Waals surface area contributed by atoms with E-state index >= 15 is 0 Å². The van der Waals surface area contributed by atoms with Gasteiger partial charge in [0.25, 0.3) is 0 Å². The van der Waals surface area contributed by atoms with Crippen LogP contribution in [0.5, 0.6) is 0 Å². The van der Waals surface area contributed by atoms with E-state index in [1.165, 1.54) is 122 Å². The second kappa shape index (κ2) is 48.8. The van der Waals surface area contributed by atoms with Crippen LogP contribution >= 0.6 is 0 Å². The van der Waals surface area contributed by atoms with Crippen LogP contribution in [0.2, 0.25) is 0 Å². The highest BCUT2D eigenvalue weighted by molar-refractivity contribution is 5.77. The number of aliphatic hydroxyl groups is 2. The van der Waals surface area contributed by atoms with Gasteiger partial charge in [-0.25, -0.2) is 0 Å². The second-order valence-corrected chi connectivity index (χ2v) is 17.9. The Morgan fingerprint density at radius 3 is 1.38 bits per heavy atom. The standard InChI is InChI=1S/C55H101NO5/c1-4-7-10-13-16-19-21-23-25-27-29-31-33-36-39-42-45-48-55(60)61-51(46-43-40-37-34-18-15-12-9-6-3)49-54(59)56-52(50-57)53(58)47-44-41-38-35-32-30-28-26-24-22-20-17-14-11-8-5-2/h15-16,18-19,23,25,29,31,51-53,57-58H,4-14,17,20-22,24,26-28,30,32-50H2,1-3H3,(H,56,59)/b18-15-,19-16-,25-23-,31-29-. The summed E-state index contributed by atoms with van der Waals surface area (Å²) in [5, 5.41) is 23.8. The van der Waals surface area contributed by atoms with Crippen LogP contribution < -0.4 is 5.32 Å². The van der Waals surface area contributed by atoms with Crippen molar-refractivity contribution in [2.75, 3.05) is 6.61 Å². The quantitative estimate of drug-likeness (QED) is 0.0322. The molecule has 0 aliphatic rings. The number of carbonyl (C=O) groups is 2. The zero-order valence-corrected chi connectivity index (χ0v) is 40.5. The molecule has 0 aromatic rings. The summed E-state index contributed by atoms with van der Waals surface area (Å²) < 4.78 is 5.90. The first-order valence-electron chi connectivity index (χ1n) is 26.4. The minimum Gasteiger partial charge on any atom is -0.462 e. The zero-order valence-electron chi connectivity index (χ0n) is 40.5. The third-order valence-corrected chi connectivity index (χ3v) is 11.9. The molecule has 0 saturated carbocycles. The van der Waals surface area contributed by atoms with Crippen molar-refractivity contribution >= 4 is 11.9 Å². The molecule has 0 spiro atoms. The van der Waals surface area contributed by atoms with Crippen molar-refractivity contribution < 1.29 is 24.5 Å². The molecule has 0 aliphatic carbocycles. The molecule has 61 heavy (non-hydrogen) atoms. The molecule has 0 fully saturated rings. The molecule has 6 heteroatoms. The molecular formula is C55H101NO5. The van der Waals surface area contributed by atoms with Crippen molar-refractivity contribution in [2.45, 2.75) is 283 Å². The van der Waals surface area contributed by atoms with Crippen molar-refractivity contribution in [3.8, 4) is 0 Å². The topological polar surface area (TPSA) is 95.9 Å². The summed E-state index contributed by atoms with van der Waals surface area (Å²) >= 11 is 0. The Labute approximate surface area is 378 Å². The number of allylic oxidation sites excluding steroid dienone is 8. The van der Waals surface area contributed by atoms with Gasteiger partial charge in [0.15, 0.2) is 0 Å². The lowest BCUT2D eigenvalue weighted by Gasteiger charge is -2.24. The van der Waals surface area contributed by atoms with Gasteiger partial charge in [-0.2, -0.15) is 0 Å². The van der Waals surface area contributed by atoms with Gasteiger partial charge in [0, 0.05) is 6.42 Å². The van der Waals surface area contributed by atoms with Crippen LogP contribution in [0, 0.1) is 0 Å². The minimum atomic E-state index is -0.795.